The molecule has 0 aliphatic carbocycles. The zero-order valence-corrected chi connectivity index (χ0v) is 12.4. The zero-order chi connectivity index (χ0) is 11.0. The molecule has 1 heterocycles. The molecule has 1 nitrogen and oxygen atoms in total. The van der Waals surface area contributed by atoms with Crippen LogP contribution in [0.5, 0.6) is 0 Å². The summed E-state index contributed by atoms with van der Waals surface area (Å²) in [6.45, 7) is 14.3. The molecule has 1 aliphatic heterocycles. The summed E-state index contributed by atoms with van der Waals surface area (Å²) in [5.74, 6) is 0.904. The predicted octanol–water partition coefficient (Wildman–Crippen LogP) is 3.71. The number of hydrogen-bond acceptors (Lipinski definition) is 1. The fourth-order valence-corrected chi connectivity index (χ4v) is 2.86. The third-order valence-corrected chi connectivity index (χ3v) is 4.30. The summed E-state index contributed by atoms with van der Waals surface area (Å²) in [6.07, 6.45) is 2.74. The van der Waals surface area contributed by atoms with Gasteiger partial charge in [0.2, 0.25) is 0 Å². The molecular formula is C12H24IN. The monoisotopic (exact) mass is 309 g/mol. The molecule has 0 saturated carbocycles. The van der Waals surface area contributed by atoms with Gasteiger partial charge in [0.15, 0.2) is 0 Å². The maximum absolute atomic E-state index is 2.62. The van der Waals surface area contributed by atoms with Crippen molar-refractivity contribution in [3.05, 3.63) is 0 Å². The van der Waals surface area contributed by atoms with Crippen LogP contribution in [0.2, 0.25) is 0 Å². The van der Waals surface area contributed by atoms with Crippen molar-refractivity contribution in [3.8, 4) is 0 Å². The fraction of sp³-hybridized carbons (Fsp3) is 1.00. The molecule has 1 rings (SSSR count). The number of likely N-dealkylation sites (tertiary alicyclic amines) is 1. The van der Waals surface area contributed by atoms with Crippen LogP contribution >= 0.6 is 22.6 Å². The van der Waals surface area contributed by atoms with Gasteiger partial charge in [-0.25, -0.2) is 0 Å². The summed E-state index contributed by atoms with van der Waals surface area (Å²) in [5.41, 5.74) is 0.361. The molecule has 0 aromatic carbocycles. The zero-order valence-electron chi connectivity index (χ0n) is 10.2. The van der Waals surface area contributed by atoms with Crippen LogP contribution in [0, 0.1) is 5.92 Å². The summed E-state index contributed by atoms with van der Waals surface area (Å²) in [5, 5.41) is 0. The van der Waals surface area contributed by atoms with Gasteiger partial charge in [-0.1, -0.05) is 36.4 Å². The van der Waals surface area contributed by atoms with Crippen LogP contribution in [-0.4, -0.2) is 27.0 Å². The second kappa shape index (κ2) is 4.28. The molecule has 0 aromatic heterocycles. The van der Waals surface area contributed by atoms with Crippen molar-refractivity contribution in [3.63, 3.8) is 0 Å². The Kier molecular flexibility index (Phi) is 3.90. The molecule has 0 amide bonds. The minimum Gasteiger partial charge on any atom is -0.298 e. The Morgan fingerprint density at radius 1 is 1.00 bits per heavy atom. The van der Waals surface area contributed by atoms with Gasteiger partial charge >= 0.3 is 0 Å². The molecule has 0 atom stereocenters. The molecule has 2 heteroatoms. The van der Waals surface area contributed by atoms with Gasteiger partial charge in [-0.05, 0) is 52.6 Å². The van der Waals surface area contributed by atoms with Crippen molar-refractivity contribution in [2.24, 2.45) is 5.92 Å². The quantitative estimate of drug-likeness (QED) is 0.527. The lowest BCUT2D eigenvalue weighted by atomic mass is 9.85. The lowest BCUT2D eigenvalue weighted by molar-refractivity contribution is 0.0817. The molecule has 0 radical (unpaired) electrons. The van der Waals surface area contributed by atoms with Gasteiger partial charge in [0.25, 0.3) is 0 Å². The van der Waals surface area contributed by atoms with Crippen molar-refractivity contribution in [2.45, 2.75) is 56.4 Å². The third-order valence-electron chi connectivity index (χ3n) is 3.41. The molecule has 0 aromatic rings. The van der Waals surface area contributed by atoms with Gasteiger partial charge in [-0.2, -0.15) is 0 Å². The minimum atomic E-state index is 0.361. The van der Waals surface area contributed by atoms with Gasteiger partial charge in [-0.3, -0.25) is 4.90 Å². The maximum atomic E-state index is 2.62. The van der Waals surface area contributed by atoms with Gasteiger partial charge in [0, 0.05) is 8.96 Å². The Labute approximate surface area is 103 Å². The van der Waals surface area contributed by atoms with E-state index in [0.29, 0.717) is 8.96 Å². The van der Waals surface area contributed by atoms with E-state index in [-0.39, 0.29) is 0 Å². The summed E-state index contributed by atoms with van der Waals surface area (Å²) in [6, 6.07) is 0. The molecule has 0 spiro atoms. The first-order chi connectivity index (χ1) is 6.21. The average molecular weight is 309 g/mol. The topological polar surface area (TPSA) is 3.24 Å². The second-order valence-corrected chi connectivity index (χ2v) is 8.78. The fourth-order valence-electron chi connectivity index (χ4n) is 2.24. The number of hydrogen-bond donors (Lipinski definition) is 0. The molecule has 84 valence electrons. The van der Waals surface area contributed by atoms with E-state index >= 15 is 0 Å². The number of alkyl halides is 1. The molecule has 14 heavy (non-hydrogen) atoms. The summed E-state index contributed by atoms with van der Waals surface area (Å²) < 4.78 is 0.474. The normalized spacial score (nSPS) is 22.7. The number of halogens is 1. The van der Waals surface area contributed by atoms with E-state index in [4.69, 9.17) is 0 Å². The summed E-state index contributed by atoms with van der Waals surface area (Å²) in [7, 11) is 0. The van der Waals surface area contributed by atoms with E-state index in [1.165, 1.54) is 25.9 Å². The van der Waals surface area contributed by atoms with E-state index in [2.05, 4.69) is 62.1 Å². The molecular weight excluding hydrogens is 285 g/mol. The average Bonchev–Trinajstić information content (AvgIpc) is 2.01. The van der Waals surface area contributed by atoms with Crippen molar-refractivity contribution in [2.75, 3.05) is 13.1 Å². The Balaban J connectivity index is 2.47. The first kappa shape index (κ1) is 12.8. The smallest absolute Gasteiger partial charge is 0.0195 e. The van der Waals surface area contributed by atoms with Gasteiger partial charge in [-0.15, -0.1) is 0 Å². The van der Waals surface area contributed by atoms with Crippen LogP contribution in [0.25, 0.3) is 0 Å². The molecule has 1 fully saturated rings. The number of rotatable bonds is 1. The van der Waals surface area contributed by atoms with E-state index in [9.17, 15) is 0 Å². The van der Waals surface area contributed by atoms with E-state index in [1.807, 2.05) is 0 Å². The SMILES string of the molecule is CC(C)(I)C1CCN(C(C)(C)C)CC1. The molecule has 0 N–H and O–H groups in total. The van der Waals surface area contributed by atoms with Crippen LogP contribution in [0.1, 0.15) is 47.5 Å². The highest BCUT2D eigenvalue weighted by molar-refractivity contribution is 14.1. The van der Waals surface area contributed by atoms with Gasteiger partial charge in [0.1, 0.15) is 0 Å². The Morgan fingerprint density at radius 3 is 1.71 bits per heavy atom. The van der Waals surface area contributed by atoms with Crippen LogP contribution in [0.15, 0.2) is 0 Å². The molecule has 1 saturated heterocycles. The summed E-state index contributed by atoms with van der Waals surface area (Å²) in [4.78, 5) is 2.62. The van der Waals surface area contributed by atoms with E-state index < -0.39 is 0 Å². The van der Waals surface area contributed by atoms with Crippen LogP contribution in [0.4, 0.5) is 0 Å². The lowest BCUT2D eigenvalue weighted by Crippen LogP contribution is -2.48. The lowest BCUT2D eigenvalue weighted by Gasteiger charge is -2.43. The number of piperidine rings is 1. The molecule has 1 aliphatic rings. The largest absolute Gasteiger partial charge is 0.298 e. The molecule has 0 bridgehead atoms. The minimum absolute atomic E-state index is 0.361. The van der Waals surface area contributed by atoms with Crippen molar-refractivity contribution in [1.29, 1.82) is 0 Å². The van der Waals surface area contributed by atoms with Crippen molar-refractivity contribution in [1.82, 2.24) is 4.90 Å². The van der Waals surface area contributed by atoms with Crippen LogP contribution in [0.3, 0.4) is 0 Å². The first-order valence-electron chi connectivity index (χ1n) is 5.65. The van der Waals surface area contributed by atoms with Crippen molar-refractivity contribution < 1.29 is 0 Å². The van der Waals surface area contributed by atoms with Crippen LogP contribution in [-0.2, 0) is 0 Å². The highest BCUT2D eigenvalue weighted by Crippen LogP contribution is 2.36. The third kappa shape index (κ3) is 3.37. The van der Waals surface area contributed by atoms with Crippen molar-refractivity contribution >= 4 is 22.6 Å². The van der Waals surface area contributed by atoms with Gasteiger partial charge in [0.05, 0.1) is 0 Å². The van der Waals surface area contributed by atoms with Crippen LogP contribution < -0.4 is 0 Å². The molecule has 0 unspecified atom stereocenters. The second-order valence-electron chi connectivity index (χ2n) is 6.00. The maximum Gasteiger partial charge on any atom is 0.0195 e. The van der Waals surface area contributed by atoms with E-state index in [1.54, 1.807) is 0 Å². The Hall–Kier alpha value is 0.690. The van der Waals surface area contributed by atoms with E-state index in [0.717, 1.165) is 5.92 Å². The highest BCUT2D eigenvalue weighted by atomic mass is 127. The summed E-state index contributed by atoms with van der Waals surface area (Å²) >= 11 is 2.61. The first-order valence-corrected chi connectivity index (χ1v) is 6.73. The Bertz CT molecular complexity index is 157. The standard InChI is InChI=1S/C12H24IN/c1-11(2,3)14-8-6-10(7-9-14)12(4,5)13/h10H,6-9H2,1-5H3. The number of nitrogens with zero attached hydrogens (tertiary/aromatic N) is 1. The predicted molar refractivity (Wildman–Crippen MR) is 72.1 cm³/mol. The highest BCUT2D eigenvalue weighted by Gasteiger charge is 2.33. The Morgan fingerprint density at radius 2 is 1.43 bits per heavy atom. The van der Waals surface area contributed by atoms with Gasteiger partial charge < -0.3 is 0 Å².